The smallest absolute Gasteiger partial charge is 0.360 e. The number of carbonyl (C=O) groups excluding carboxylic acids is 3. The Bertz CT molecular complexity index is 1220. The van der Waals surface area contributed by atoms with Crippen LogP contribution in [0.15, 0.2) is 41.6 Å². The molecule has 1 heterocycles. The van der Waals surface area contributed by atoms with Crippen LogP contribution < -0.4 is 10.6 Å². The third-order valence-electron chi connectivity index (χ3n) is 5.90. The van der Waals surface area contributed by atoms with Gasteiger partial charge in [0, 0.05) is 37.0 Å². The number of nitrogens with zero attached hydrogens (tertiary/aromatic N) is 1. The molecule has 2 unspecified atom stereocenters. The first-order chi connectivity index (χ1) is 16.9. The number of alkyl halides is 3. The first kappa shape index (κ1) is 27.1. The Balaban J connectivity index is 1.66. The first-order valence-corrected chi connectivity index (χ1v) is 11.4. The molecule has 7 nitrogen and oxygen atoms in total. The van der Waals surface area contributed by atoms with Crippen LogP contribution in [0.5, 0.6) is 0 Å². The predicted molar refractivity (Wildman–Crippen MR) is 129 cm³/mol. The summed E-state index contributed by atoms with van der Waals surface area (Å²) in [6, 6.07) is 6.60. The summed E-state index contributed by atoms with van der Waals surface area (Å²) in [6.45, 7) is 3.60. The number of aromatic nitrogens is 1. The van der Waals surface area contributed by atoms with Crippen LogP contribution in [-0.4, -0.2) is 35.2 Å². The number of carbonyl (C=O) groups is 3. The van der Waals surface area contributed by atoms with E-state index in [9.17, 15) is 27.6 Å². The van der Waals surface area contributed by atoms with Crippen molar-refractivity contribution in [3.63, 3.8) is 0 Å². The molecule has 0 spiro atoms. The summed E-state index contributed by atoms with van der Waals surface area (Å²) in [5.74, 6) is -2.77. The highest BCUT2D eigenvalue weighted by atomic mass is 35.5. The molecule has 1 aliphatic carbocycles. The van der Waals surface area contributed by atoms with Crippen molar-refractivity contribution < 1.29 is 27.6 Å². The number of anilines is 1. The highest BCUT2D eigenvalue weighted by Gasteiger charge is 2.43. The number of rotatable bonds is 8. The molecule has 190 valence electrons. The largest absolute Gasteiger partial charge is 0.433 e. The normalized spacial score (nSPS) is 18.3. The van der Waals surface area contributed by atoms with Crippen LogP contribution >= 0.6 is 11.6 Å². The summed E-state index contributed by atoms with van der Waals surface area (Å²) in [4.78, 5) is 41.5. The molecule has 2 atom stereocenters. The van der Waals surface area contributed by atoms with Crippen LogP contribution in [0.2, 0.25) is 0 Å². The second-order valence-electron chi connectivity index (χ2n) is 8.49. The van der Waals surface area contributed by atoms with E-state index in [-0.39, 0.29) is 41.7 Å². The molecule has 1 fully saturated rings. The molecular formula is C25H24ClF3N4O3. The molecular weight excluding hydrogens is 497 g/mol. The minimum absolute atomic E-state index is 0.00804. The van der Waals surface area contributed by atoms with Crippen LogP contribution in [0.1, 0.15) is 51.6 Å². The second-order valence-corrected chi connectivity index (χ2v) is 8.93. The summed E-state index contributed by atoms with van der Waals surface area (Å²) in [5.41, 5.74) is 1.26. The molecule has 11 heteroatoms. The van der Waals surface area contributed by atoms with Gasteiger partial charge in [-0.25, -0.2) is 4.98 Å². The number of amides is 1. The third-order valence-corrected chi connectivity index (χ3v) is 6.12. The number of Topliss-reactive ketones (excluding diaryl/α,β-unsaturated/α-hetero) is 2. The average molecular weight is 521 g/mol. The highest BCUT2D eigenvalue weighted by Crippen LogP contribution is 2.38. The minimum atomic E-state index is -4.67. The fraction of sp³-hybridized carbons (Fsp3) is 0.320. The molecule has 1 aromatic heterocycles. The average Bonchev–Trinajstić information content (AvgIpc) is 3.09. The molecule has 1 aliphatic rings. The number of ketones is 2. The van der Waals surface area contributed by atoms with Crippen LogP contribution in [0.4, 0.5) is 18.9 Å². The number of halogens is 4. The monoisotopic (exact) mass is 520 g/mol. The van der Waals surface area contributed by atoms with Gasteiger partial charge in [-0.1, -0.05) is 17.7 Å². The Morgan fingerprint density at radius 1 is 1.22 bits per heavy atom. The number of allylic oxidation sites excluding steroid dienone is 1. The third kappa shape index (κ3) is 6.17. The molecule has 36 heavy (non-hydrogen) atoms. The maximum atomic E-state index is 13.1. The van der Waals surface area contributed by atoms with Gasteiger partial charge in [0.05, 0.1) is 5.03 Å². The Hall–Kier alpha value is -3.53. The molecule has 1 aromatic carbocycles. The van der Waals surface area contributed by atoms with Crippen LogP contribution in [0.25, 0.3) is 0 Å². The van der Waals surface area contributed by atoms with Crippen molar-refractivity contribution in [3.05, 3.63) is 69.6 Å². The van der Waals surface area contributed by atoms with E-state index in [1.807, 2.05) is 0 Å². The van der Waals surface area contributed by atoms with Gasteiger partial charge in [-0.05, 0) is 61.2 Å². The Kier molecular flexibility index (Phi) is 8.29. The molecule has 0 saturated heterocycles. The molecule has 1 saturated carbocycles. The lowest BCUT2D eigenvalue weighted by Crippen LogP contribution is -2.28. The fourth-order valence-electron chi connectivity index (χ4n) is 4.28. The molecule has 1 amide bonds. The lowest BCUT2D eigenvalue weighted by Gasteiger charge is -2.17. The van der Waals surface area contributed by atoms with E-state index in [0.717, 1.165) is 29.5 Å². The lowest BCUT2D eigenvalue weighted by molar-refractivity contribution is -0.141. The van der Waals surface area contributed by atoms with Gasteiger partial charge < -0.3 is 16.0 Å². The minimum Gasteiger partial charge on any atom is -0.360 e. The van der Waals surface area contributed by atoms with Gasteiger partial charge in [0.2, 0.25) is 0 Å². The Labute approximate surface area is 210 Å². The van der Waals surface area contributed by atoms with E-state index in [1.165, 1.54) is 12.3 Å². The summed E-state index contributed by atoms with van der Waals surface area (Å²) in [5, 5.41) is 12.8. The fourth-order valence-corrected chi connectivity index (χ4v) is 4.33. The van der Waals surface area contributed by atoms with E-state index in [0.29, 0.717) is 11.3 Å². The van der Waals surface area contributed by atoms with Crippen LogP contribution in [0.3, 0.4) is 0 Å². The quantitative estimate of drug-likeness (QED) is 0.338. The summed E-state index contributed by atoms with van der Waals surface area (Å²) in [7, 11) is 0. The van der Waals surface area contributed by atoms with Crippen molar-refractivity contribution in [2.24, 2.45) is 5.92 Å². The molecule has 0 bridgehead atoms. The summed E-state index contributed by atoms with van der Waals surface area (Å²) < 4.78 is 38.5. The molecule has 2 aromatic rings. The second kappa shape index (κ2) is 11.0. The van der Waals surface area contributed by atoms with Crippen molar-refractivity contribution in [1.29, 1.82) is 5.41 Å². The zero-order valence-corrected chi connectivity index (χ0v) is 20.3. The SMILES string of the molecule is Cc1cc(N/C=C(/Cl)C=N)cc(C)c1C1C(=O)CC(CCNC(=O)c2cccc(C(F)(F)F)n2)C1=O. The van der Waals surface area contributed by atoms with Gasteiger partial charge in [-0.15, -0.1) is 0 Å². The Morgan fingerprint density at radius 2 is 1.89 bits per heavy atom. The van der Waals surface area contributed by atoms with Gasteiger partial charge in [0.15, 0.2) is 5.78 Å². The highest BCUT2D eigenvalue weighted by molar-refractivity contribution is 6.39. The summed E-state index contributed by atoms with van der Waals surface area (Å²) >= 11 is 5.80. The van der Waals surface area contributed by atoms with Crippen molar-refractivity contribution >= 4 is 41.0 Å². The number of pyridine rings is 1. The maximum Gasteiger partial charge on any atom is 0.433 e. The Morgan fingerprint density at radius 3 is 2.50 bits per heavy atom. The number of benzene rings is 1. The van der Waals surface area contributed by atoms with Gasteiger partial charge in [-0.2, -0.15) is 13.2 Å². The van der Waals surface area contributed by atoms with Crippen molar-refractivity contribution in [2.45, 2.75) is 38.8 Å². The van der Waals surface area contributed by atoms with Crippen molar-refractivity contribution in [2.75, 3.05) is 11.9 Å². The van der Waals surface area contributed by atoms with Gasteiger partial charge in [0.1, 0.15) is 23.1 Å². The molecule has 3 rings (SSSR count). The van der Waals surface area contributed by atoms with Gasteiger partial charge in [0.25, 0.3) is 5.91 Å². The van der Waals surface area contributed by atoms with Gasteiger partial charge >= 0.3 is 6.18 Å². The molecule has 0 radical (unpaired) electrons. The maximum absolute atomic E-state index is 13.1. The van der Waals surface area contributed by atoms with Crippen LogP contribution in [-0.2, 0) is 15.8 Å². The number of hydrogen-bond donors (Lipinski definition) is 3. The summed E-state index contributed by atoms with van der Waals surface area (Å²) in [6.07, 6.45) is -2.03. The van der Waals surface area contributed by atoms with E-state index in [2.05, 4.69) is 15.6 Å². The molecule has 3 N–H and O–H groups in total. The lowest BCUT2D eigenvalue weighted by atomic mass is 9.87. The molecule has 0 aliphatic heterocycles. The topological polar surface area (TPSA) is 112 Å². The van der Waals surface area contributed by atoms with E-state index < -0.39 is 29.6 Å². The van der Waals surface area contributed by atoms with E-state index >= 15 is 0 Å². The van der Waals surface area contributed by atoms with E-state index in [1.54, 1.807) is 26.0 Å². The zero-order valence-electron chi connectivity index (χ0n) is 19.5. The van der Waals surface area contributed by atoms with Gasteiger partial charge in [-0.3, -0.25) is 14.4 Å². The number of nitrogens with one attached hydrogen (secondary N) is 3. The van der Waals surface area contributed by atoms with Crippen molar-refractivity contribution in [1.82, 2.24) is 10.3 Å². The number of aryl methyl sites for hydroxylation is 2. The standard InChI is InChI=1S/C25H24ClF3N4O3/c1-13-8-17(32-12-16(26)11-30)9-14(2)21(13)22-19(34)10-15(23(22)35)6-7-31-24(36)18-4-3-5-20(33-18)25(27,28)29/h3-5,8-9,11-12,15,22,30,32H,6-7,10H2,1-2H3,(H,31,36)/b16-12+,30-11?. The zero-order chi connectivity index (χ0) is 26.6. The van der Waals surface area contributed by atoms with Crippen molar-refractivity contribution in [3.8, 4) is 0 Å². The van der Waals surface area contributed by atoms with E-state index in [4.69, 9.17) is 17.0 Å². The van der Waals surface area contributed by atoms with Crippen LogP contribution in [0, 0.1) is 25.2 Å². The number of hydrogen-bond acceptors (Lipinski definition) is 6. The first-order valence-electron chi connectivity index (χ1n) is 11.0. The predicted octanol–water partition coefficient (Wildman–Crippen LogP) is 4.92.